The Balaban J connectivity index is 1.60. The number of nitrogens with zero attached hydrogens (tertiary/aromatic N) is 2. The summed E-state index contributed by atoms with van der Waals surface area (Å²) in [4.78, 5) is 14.4. The van der Waals surface area contributed by atoms with E-state index in [9.17, 15) is 9.18 Å². The second-order valence-electron chi connectivity index (χ2n) is 8.37. The van der Waals surface area contributed by atoms with Crippen molar-refractivity contribution < 1.29 is 18.5 Å². The maximum atomic E-state index is 14.9. The van der Waals surface area contributed by atoms with Gasteiger partial charge in [0.05, 0.1) is 23.4 Å². The van der Waals surface area contributed by atoms with Gasteiger partial charge in [-0.2, -0.15) is 0 Å². The van der Waals surface area contributed by atoms with Crippen LogP contribution in [0.2, 0.25) is 0 Å². The fourth-order valence-corrected chi connectivity index (χ4v) is 3.62. The fraction of sp³-hybridized carbons (Fsp3) is 0.526. The number of amides is 1. The Morgan fingerprint density at radius 2 is 1.81 bits per heavy atom. The number of benzene rings is 1. The highest BCUT2D eigenvalue weighted by molar-refractivity contribution is 6.62. The number of halogens is 1. The molecule has 4 rings (SSSR count). The third-order valence-corrected chi connectivity index (χ3v) is 5.99. The first kappa shape index (κ1) is 18.5. The van der Waals surface area contributed by atoms with Gasteiger partial charge in [-0.15, -0.1) is 0 Å². The van der Waals surface area contributed by atoms with E-state index in [0.29, 0.717) is 30.8 Å². The van der Waals surface area contributed by atoms with Crippen LogP contribution in [0.3, 0.4) is 0 Å². The highest BCUT2D eigenvalue weighted by atomic mass is 19.1. The van der Waals surface area contributed by atoms with Crippen LogP contribution >= 0.6 is 0 Å². The molecule has 0 atom stereocenters. The van der Waals surface area contributed by atoms with Gasteiger partial charge in [-0.3, -0.25) is 4.79 Å². The number of anilines is 1. The molecular formula is C19H25BFN3O3. The SMILES string of the molecule is CC1=C2C(=O)N(c3ccc(B4OC(C)(C)C(C)(C)O4)cc3F)CCN2NC1. The topological polar surface area (TPSA) is 54.0 Å². The molecule has 1 aromatic carbocycles. The molecule has 2 fully saturated rings. The van der Waals surface area contributed by atoms with Crippen LogP contribution in [-0.2, 0) is 14.1 Å². The van der Waals surface area contributed by atoms with Crippen molar-refractivity contribution >= 4 is 24.2 Å². The van der Waals surface area contributed by atoms with Gasteiger partial charge in [0.2, 0.25) is 0 Å². The normalized spacial score (nSPS) is 24.1. The zero-order valence-corrected chi connectivity index (χ0v) is 16.4. The summed E-state index contributed by atoms with van der Waals surface area (Å²) >= 11 is 0. The largest absolute Gasteiger partial charge is 0.494 e. The molecule has 0 saturated carbocycles. The average Bonchev–Trinajstić information content (AvgIpc) is 3.06. The summed E-state index contributed by atoms with van der Waals surface area (Å²) in [6.07, 6.45) is 0. The molecule has 6 nitrogen and oxygen atoms in total. The molecule has 1 aromatic rings. The number of fused-ring (bicyclic) bond motifs is 1. The van der Waals surface area contributed by atoms with Crippen LogP contribution < -0.4 is 15.8 Å². The minimum atomic E-state index is -0.630. The van der Waals surface area contributed by atoms with Crippen molar-refractivity contribution in [2.24, 2.45) is 0 Å². The van der Waals surface area contributed by atoms with Crippen molar-refractivity contribution in [3.05, 3.63) is 35.3 Å². The van der Waals surface area contributed by atoms with Crippen molar-refractivity contribution in [3.63, 3.8) is 0 Å². The Morgan fingerprint density at radius 3 is 2.44 bits per heavy atom. The molecule has 2 saturated heterocycles. The lowest BCUT2D eigenvalue weighted by Gasteiger charge is -2.34. The fourth-order valence-electron chi connectivity index (χ4n) is 3.62. The number of nitrogens with one attached hydrogen (secondary N) is 1. The van der Waals surface area contributed by atoms with Crippen LogP contribution in [-0.4, -0.2) is 48.9 Å². The minimum Gasteiger partial charge on any atom is -0.399 e. The second kappa shape index (κ2) is 6.05. The predicted octanol–water partition coefficient (Wildman–Crippen LogP) is 1.57. The van der Waals surface area contributed by atoms with Gasteiger partial charge in [0.15, 0.2) is 0 Å². The Kier molecular flexibility index (Phi) is 4.14. The van der Waals surface area contributed by atoms with Crippen LogP contribution in [0.4, 0.5) is 10.1 Å². The van der Waals surface area contributed by atoms with Crippen LogP contribution in [0, 0.1) is 5.82 Å². The van der Waals surface area contributed by atoms with Gasteiger partial charge in [-0.05, 0) is 57.8 Å². The zero-order valence-electron chi connectivity index (χ0n) is 16.4. The Bertz CT molecular complexity index is 823. The lowest BCUT2D eigenvalue weighted by Crippen LogP contribution is -2.51. The van der Waals surface area contributed by atoms with Crippen molar-refractivity contribution in [3.8, 4) is 0 Å². The summed E-state index contributed by atoms with van der Waals surface area (Å²) < 4.78 is 26.9. The first-order valence-corrected chi connectivity index (χ1v) is 9.28. The third kappa shape index (κ3) is 2.87. The molecule has 3 aliphatic heterocycles. The quantitative estimate of drug-likeness (QED) is 0.798. The van der Waals surface area contributed by atoms with Crippen LogP contribution in [0.1, 0.15) is 34.6 Å². The van der Waals surface area contributed by atoms with E-state index in [1.807, 2.05) is 39.6 Å². The standard InChI is InChI=1S/C19H25BFN3O3/c1-12-11-22-24-9-8-23(17(25)16(12)24)15-7-6-13(10-14(15)21)20-26-18(2,3)19(4,5)27-20/h6-7,10,22H,8-9,11H2,1-5H3. The lowest BCUT2D eigenvalue weighted by atomic mass is 9.79. The van der Waals surface area contributed by atoms with E-state index >= 15 is 0 Å². The number of hydrazine groups is 1. The molecule has 1 N–H and O–H groups in total. The summed E-state index contributed by atoms with van der Waals surface area (Å²) in [6, 6.07) is 4.82. The Labute approximate surface area is 159 Å². The molecule has 144 valence electrons. The lowest BCUT2D eigenvalue weighted by molar-refractivity contribution is -0.118. The first-order chi connectivity index (χ1) is 12.6. The maximum Gasteiger partial charge on any atom is 0.494 e. The van der Waals surface area contributed by atoms with Crippen LogP contribution in [0.15, 0.2) is 29.5 Å². The van der Waals surface area contributed by atoms with Crippen molar-refractivity contribution in [2.45, 2.75) is 45.8 Å². The molecule has 0 aliphatic carbocycles. The summed E-state index contributed by atoms with van der Waals surface area (Å²) in [5, 5.41) is 1.85. The van der Waals surface area contributed by atoms with E-state index in [1.165, 1.54) is 11.0 Å². The van der Waals surface area contributed by atoms with Crippen LogP contribution in [0.5, 0.6) is 0 Å². The smallest absolute Gasteiger partial charge is 0.399 e. The number of piperazine rings is 1. The highest BCUT2D eigenvalue weighted by Gasteiger charge is 2.51. The molecule has 3 aliphatic rings. The summed E-state index contributed by atoms with van der Waals surface area (Å²) in [7, 11) is -0.630. The number of hydrogen-bond donors (Lipinski definition) is 1. The molecule has 0 aromatic heterocycles. The Morgan fingerprint density at radius 1 is 1.15 bits per heavy atom. The van der Waals surface area contributed by atoms with Gasteiger partial charge < -0.3 is 19.2 Å². The van der Waals surface area contributed by atoms with Gasteiger partial charge in [-0.1, -0.05) is 6.07 Å². The van der Waals surface area contributed by atoms with Gasteiger partial charge in [0.1, 0.15) is 11.5 Å². The summed E-state index contributed by atoms with van der Waals surface area (Å²) in [6.45, 7) is 11.5. The van der Waals surface area contributed by atoms with E-state index in [-0.39, 0.29) is 11.6 Å². The van der Waals surface area contributed by atoms with Crippen molar-refractivity contribution in [2.75, 3.05) is 24.5 Å². The van der Waals surface area contributed by atoms with E-state index < -0.39 is 24.1 Å². The second-order valence-corrected chi connectivity index (χ2v) is 8.37. The minimum absolute atomic E-state index is 0.175. The molecule has 0 spiro atoms. The van der Waals surface area contributed by atoms with Gasteiger partial charge in [-0.25, -0.2) is 9.82 Å². The number of carbonyl (C=O) groups is 1. The van der Waals surface area contributed by atoms with E-state index in [1.54, 1.807) is 12.1 Å². The third-order valence-electron chi connectivity index (χ3n) is 5.99. The van der Waals surface area contributed by atoms with Crippen molar-refractivity contribution in [1.82, 2.24) is 10.4 Å². The summed E-state index contributed by atoms with van der Waals surface area (Å²) in [5.41, 5.74) is 4.68. The van der Waals surface area contributed by atoms with E-state index in [4.69, 9.17) is 9.31 Å². The monoisotopic (exact) mass is 373 g/mol. The van der Waals surface area contributed by atoms with Gasteiger partial charge >= 0.3 is 7.12 Å². The molecular weight excluding hydrogens is 348 g/mol. The molecule has 1 amide bonds. The van der Waals surface area contributed by atoms with Crippen molar-refractivity contribution in [1.29, 1.82) is 0 Å². The molecule has 8 heteroatoms. The highest BCUT2D eigenvalue weighted by Crippen LogP contribution is 2.37. The summed E-state index contributed by atoms with van der Waals surface area (Å²) in [5.74, 6) is -0.626. The molecule has 0 unspecified atom stereocenters. The van der Waals surface area contributed by atoms with E-state index in [2.05, 4.69) is 5.43 Å². The number of carbonyl (C=O) groups excluding carboxylic acids is 1. The Hall–Kier alpha value is -1.90. The average molecular weight is 373 g/mol. The van der Waals surface area contributed by atoms with Gasteiger partial charge in [0.25, 0.3) is 5.91 Å². The molecule has 0 bridgehead atoms. The molecule has 27 heavy (non-hydrogen) atoms. The number of rotatable bonds is 2. The van der Waals surface area contributed by atoms with Gasteiger partial charge in [0, 0.05) is 13.1 Å². The van der Waals surface area contributed by atoms with Crippen LogP contribution in [0.25, 0.3) is 0 Å². The number of hydrogen-bond acceptors (Lipinski definition) is 5. The maximum absolute atomic E-state index is 14.9. The van der Waals surface area contributed by atoms with E-state index in [0.717, 1.165) is 5.57 Å². The molecule has 3 heterocycles. The zero-order chi connectivity index (χ0) is 19.6. The predicted molar refractivity (Wildman–Crippen MR) is 102 cm³/mol. The molecule has 0 radical (unpaired) electrons. The first-order valence-electron chi connectivity index (χ1n) is 9.28.